The number of halogens is 5. The summed E-state index contributed by atoms with van der Waals surface area (Å²) in [6, 6.07) is 10.9. The third kappa shape index (κ3) is 4.89. The summed E-state index contributed by atoms with van der Waals surface area (Å²) in [6.07, 6.45) is -5.01. The Bertz CT molecular complexity index is 1180. The number of rotatable bonds is 4. The Balaban J connectivity index is 1.99. The first-order valence-electron chi connectivity index (χ1n) is 8.43. The van der Waals surface area contributed by atoms with E-state index in [0.29, 0.717) is 22.7 Å². The summed E-state index contributed by atoms with van der Waals surface area (Å²) in [5.74, 6) is -1.42. The van der Waals surface area contributed by atoms with Gasteiger partial charge in [-0.15, -0.1) is 0 Å². The van der Waals surface area contributed by atoms with Crippen molar-refractivity contribution in [2.45, 2.75) is 6.18 Å². The molecule has 0 fully saturated rings. The van der Waals surface area contributed by atoms with E-state index in [1.165, 1.54) is 6.07 Å². The molecule has 0 radical (unpaired) electrons. The van der Waals surface area contributed by atoms with Crippen LogP contribution in [0.15, 0.2) is 54.6 Å². The molecule has 11 heteroatoms. The first kappa shape index (κ1) is 22.4. The molecule has 3 aromatic rings. The fourth-order valence-electron chi connectivity index (χ4n) is 2.82. The number of aromatic hydroxyl groups is 1. The van der Waals surface area contributed by atoms with Crippen LogP contribution in [0, 0.1) is 10.1 Å². The average molecular weight is 471 g/mol. The molecule has 3 aromatic carbocycles. The molecular formula is C20H11Cl2F3N2O4. The molecule has 0 aliphatic carbocycles. The van der Waals surface area contributed by atoms with Crippen molar-refractivity contribution < 1.29 is 28.0 Å². The summed E-state index contributed by atoms with van der Waals surface area (Å²) in [5.41, 5.74) is -2.63. The Labute approximate surface area is 183 Å². The van der Waals surface area contributed by atoms with E-state index in [1.54, 1.807) is 24.3 Å². The highest BCUT2D eigenvalue weighted by Gasteiger charge is 2.38. The molecule has 0 unspecified atom stereocenters. The number of nitro benzene ring substituents is 1. The van der Waals surface area contributed by atoms with E-state index in [2.05, 4.69) is 5.32 Å². The zero-order valence-corrected chi connectivity index (χ0v) is 16.7. The summed E-state index contributed by atoms with van der Waals surface area (Å²) < 4.78 is 39.5. The lowest BCUT2D eigenvalue weighted by atomic mass is 10.0. The molecule has 0 spiro atoms. The van der Waals surface area contributed by atoms with E-state index < -0.39 is 34.0 Å². The molecule has 2 N–H and O–H groups in total. The highest BCUT2D eigenvalue weighted by molar-refractivity contribution is 6.32. The second kappa shape index (κ2) is 8.44. The lowest BCUT2D eigenvalue weighted by Gasteiger charge is -2.13. The second-order valence-corrected chi connectivity index (χ2v) is 7.17. The van der Waals surface area contributed by atoms with E-state index in [0.717, 1.165) is 12.1 Å². The van der Waals surface area contributed by atoms with Gasteiger partial charge in [-0.2, -0.15) is 13.2 Å². The molecule has 0 aliphatic rings. The van der Waals surface area contributed by atoms with Crippen molar-refractivity contribution in [1.82, 2.24) is 0 Å². The molecule has 0 bridgehead atoms. The molecule has 0 saturated carbocycles. The lowest BCUT2D eigenvalue weighted by Crippen LogP contribution is -2.14. The Hall–Kier alpha value is -3.30. The van der Waals surface area contributed by atoms with Crippen molar-refractivity contribution in [3.05, 3.63) is 85.9 Å². The number of carbonyl (C=O) groups excluding carboxylic acids is 1. The second-order valence-electron chi connectivity index (χ2n) is 6.30. The fraction of sp³-hybridized carbons (Fsp3) is 0.0500. The maximum atomic E-state index is 13.2. The number of phenolic OH excluding ortho intramolecular Hbond substituents is 1. The SMILES string of the molecule is O=C(Nc1ccc([N+](=O)[O-])c(C(F)(F)F)c1)c1cc(Cl)cc(-c2ccc(Cl)cc2)c1O. The Morgan fingerprint density at radius 1 is 1.00 bits per heavy atom. The molecule has 0 saturated heterocycles. The highest BCUT2D eigenvalue weighted by atomic mass is 35.5. The molecule has 31 heavy (non-hydrogen) atoms. The predicted molar refractivity (Wildman–Crippen MR) is 110 cm³/mol. The predicted octanol–water partition coefficient (Wildman–Crippen LogP) is 6.55. The molecule has 0 atom stereocenters. The van der Waals surface area contributed by atoms with Gasteiger partial charge in [0.05, 0.1) is 10.5 Å². The van der Waals surface area contributed by atoms with Crippen LogP contribution in [0.3, 0.4) is 0 Å². The molecule has 6 nitrogen and oxygen atoms in total. The lowest BCUT2D eigenvalue weighted by molar-refractivity contribution is -0.388. The monoisotopic (exact) mass is 470 g/mol. The number of hydrogen-bond acceptors (Lipinski definition) is 4. The van der Waals surface area contributed by atoms with Gasteiger partial charge >= 0.3 is 6.18 Å². The standard InChI is InChI=1S/C20H11Cl2F3N2O4/c21-11-3-1-10(2-4-11)14-7-12(22)8-15(18(14)28)19(29)26-13-5-6-17(27(30)31)16(9-13)20(23,24)25/h1-9,28H,(H,26,29). The molecule has 160 valence electrons. The van der Waals surface area contributed by atoms with Gasteiger partial charge < -0.3 is 10.4 Å². The van der Waals surface area contributed by atoms with E-state index in [1.807, 2.05) is 0 Å². The van der Waals surface area contributed by atoms with Crippen LogP contribution in [0.1, 0.15) is 15.9 Å². The van der Waals surface area contributed by atoms with Crippen LogP contribution in [0.5, 0.6) is 5.75 Å². The summed E-state index contributed by atoms with van der Waals surface area (Å²) in [6.45, 7) is 0. The van der Waals surface area contributed by atoms with Crippen LogP contribution in [0.2, 0.25) is 10.0 Å². The summed E-state index contributed by atoms with van der Waals surface area (Å²) in [7, 11) is 0. The summed E-state index contributed by atoms with van der Waals surface area (Å²) in [5, 5.41) is 24.2. The van der Waals surface area contributed by atoms with Crippen molar-refractivity contribution in [2.24, 2.45) is 0 Å². The first-order chi connectivity index (χ1) is 14.5. The van der Waals surface area contributed by atoms with Crippen LogP contribution in [-0.4, -0.2) is 15.9 Å². The van der Waals surface area contributed by atoms with E-state index in [-0.39, 0.29) is 21.8 Å². The van der Waals surface area contributed by atoms with Crippen LogP contribution < -0.4 is 5.32 Å². The summed E-state index contributed by atoms with van der Waals surface area (Å²) in [4.78, 5) is 22.3. The minimum atomic E-state index is -5.01. The zero-order valence-electron chi connectivity index (χ0n) is 15.2. The van der Waals surface area contributed by atoms with Gasteiger partial charge in [-0.1, -0.05) is 35.3 Å². The van der Waals surface area contributed by atoms with Gasteiger partial charge in [-0.25, -0.2) is 0 Å². The topological polar surface area (TPSA) is 92.5 Å². The number of carbonyl (C=O) groups is 1. The number of anilines is 1. The molecule has 1 amide bonds. The van der Waals surface area contributed by atoms with Crippen LogP contribution in [0.25, 0.3) is 11.1 Å². The third-order valence-corrected chi connectivity index (χ3v) is 4.70. The van der Waals surface area contributed by atoms with E-state index in [9.17, 15) is 33.2 Å². The van der Waals surface area contributed by atoms with E-state index in [4.69, 9.17) is 23.2 Å². The Morgan fingerprint density at radius 2 is 1.65 bits per heavy atom. The van der Waals surface area contributed by atoms with E-state index >= 15 is 0 Å². The van der Waals surface area contributed by atoms with Gasteiger partial charge in [-0.3, -0.25) is 14.9 Å². The van der Waals surface area contributed by atoms with Crippen LogP contribution >= 0.6 is 23.2 Å². The van der Waals surface area contributed by atoms with Crippen molar-refractivity contribution >= 4 is 40.5 Å². The number of nitrogens with one attached hydrogen (secondary N) is 1. The van der Waals surface area contributed by atoms with Gasteiger partial charge in [0, 0.05) is 27.4 Å². The normalized spacial score (nSPS) is 11.3. The van der Waals surface area contributed by atoms with Gasteiger partial charge in [0.25, 0.3) is 11.6 Å². The molecular weight excluding hydrogens is 460 g/mol. The highest BCUT2D eigenvalue weighted by Crippen LogP contribution is 2.39. The van der Waals surface area contributed by atoms with Crippen LogP contribution in [-0.2, 0) is 6.18 Å². The number of alkyl halides is 3. The number of benzene rings is 3. The quantitative estimate of drug-likeness (QED) is 0.334. The van der Waals surface area contributed by atoms with Gasteiger partial charge in [0.1, 0.15) is 11.3 Å². The number of nitro groups is 1. The Morgan fingerprint density at radius 3 is 2.23 bits per heavy atom. The minimum absolute atomic E-state index is 0.0904. The largest absolute Gasteiger partial charge is 0.506 e. The summed E-state index contributed by atoms with van der Waals surface area (Å²) >= 11 is 11.9. The van der Waals surface area contributed by atoms with Gasteiger partial charge in [0.15, 0.2) is 0 Å². The molecule has 0 aromatic heterocycles. The van der Waals surface area contributed by atoms with Gasteiger partial charge in [0.2, 0.25) is 0 Å². The third-order valence-electron chi connectivity index (χ3n) is 4.23. The van der Waals surface area contributed by atoms with Crippen LogP contribution in [0.4, 0.5) is 24.5 Å². The maximum absolute atomic E-state index is 13.2. The van der Waals surface area contributed by atoms with Gasteiger partial charge in [-0.05, 0) is 42.0 Å². The zero-order chi connectivity index (χ0) is 22.9. The number of phenols is 1. The number of hydrogen-bond donors (Lipinski definition) is 2. The van der Waals surface area contributed by atoms with Crippen molar-refractivity contribution in [3.8, 4) is 16.9 Å². The first-order valence-corrected chi connectivity index (χ1v) is 9.18. The van der Waals surface area contributed by atoms with Crippen molar-refractivity contribution in [3.63, 3.8) is 0 Å². The molecule has 0 heterocycles. The van der Waals surface area contributed by atoms with Crippen molar-refractivity contribution in [2.75, 3.05) is 5.32 Å². The fourth-order valence-corrected chi connectivity index (χ4v) is 3.16. The number of amides is 1. The van der Waals surface area contributed by atoms with Crippen molar-refractivity contribution in [1.29, 1.82) is 0 Å². The minimum Gasteiger partial charge on any atom is -0.506 e. The average Bonchev–Trinajstić information content (AvgIpc) is 2.69. The molecule has 0 aliphatic heterocycles. The Kier molecular flexibility index (Phi) is 6.10. The number of nitrogens with zero attached hydrogens (tertiary/aromatic N) is 1. The smallest absolute Gasteiger partial charge is 0.423 e. The maximum Gasteiger partial charge on any atom is 0.423 e. The molecule has 3 rings (SSSR count).